The first-order valence-corrected chi connectivity index (χ1v) is 7.24. The topological polar surface area (TPSA) is 122 Å². The van der Waals surface area contributed by atoms with Crippen LogP contribution in [0.5, 0.6) is 11.5 Å². The van der Waals surface area contributed by atoms with Crippen LogP contribution in [0.2, 0.25) is 0 Å². The number of hydrogen-bond acceptors (Lipinski definition) is 7. The summed E-state index contributed by atoms with van der Waals surface area (Å²) in [4.78, 5) is 32.7. The number of hydrogen-bond donors (Lipinski definition) is 0. The Bertz CT molecular complexity index is 884. The summed E-state index contributed by atoms with van der Waals surface area (Å²) in [5, 5.41) is 21.9. The highest BCUT2D eigenvalue weighted by Gasteiger charge is 2.18. The average molecular weight is 358 g/mol. The number of nitrogens with zero attached hydrogens (tertiary/aromatic N) is 2. The third-order valence-corrected chi connectivity index (χ3v) is 3.47. The van der Waals surface area contributed by atoms with Crippen molar-refractivity contribution in [1.82, 2.24) is 0 Å². The summed E-state index contributed by atoms with van der Waals surface area (Å²) in [7, 11) is 2.89. The van der Waals surface area contributed by atoms with Gasteiger partial charge in [0.1, 0.15) is 11.5 Å². The normalized spacial score (nSPS) is 10.5. The lowest BCUT2D eigenvalue weighted by atomic mass is 10.1. The van der Waals surface area contributed by atoms with Crippen LogP contribution in [0.25, 0.3) is 6.08 Å². The molecule has 0 aliphatic rings. The maximum atomic E-state index is 12.3. The molecule has 2 aromatic rings. The minimum absolute atomic E-state index is 0.0730. The molecule has 0 aliphatic heterocycles. The molecule has 2 aromatic carbocycles. The molecule has 0 aliphatic carbocycles. The second-order valence-corrected chi connectivity index (χ2v) is 5.06. The van der Waals surface area contributed by atoms with Gasteiger partial charge in [-0.3, -0.25) is 25.0 Å². The van der Waals surface area contributed by atoms with Crippen molar-refractivity contribution in [3.05, 3.63) is 73.8 Å². The number of methoxy groups -OCH3 is 2. The van der Waals surface area contributed by atoms with Gasteiger partial charge in [-0.1, -0.05) is 0 Å². The minimum atomic E-state index is -0.744. The first kappa shape index (κ1) is 18.6. The number of rotatable bonds is 7. The number of ether oxygens (including phenoxy) is 2. The predicted molar refractivity (Wildman–Crippen MR) is 92.7 cm³/mol. The lowest BCUT2D eigenvalue weighted by molar-refractivity contribution is -0.394. The van der Waals surface area contributed by atoms with Crippen LogP contribution < -0.4 is 9.47 Å². The van der Waals surface area contributed by atoms with Crippen molar-refractivity contribution < 1.29 is 24.1 Å². The van der Waals surface area contributed by atoms with Crippen LogP contribution in [-0.4, -0.2) is 29.8 Å². The molecule has 0 aromatic heterocycles. The molecule has 0 amide bonds. The Morgan fingerprint density at radius 3 is 2.08 bits per heavy atom. The minimum Gasteiger partial charge on any atom is -0.497 e. The van der Waals surface area contributed by atoms with Crippen LogP contribution in [0.4, 0.5) is 11.4 Å². The molecule has 0 N–H and O–H groups in total. The molecular weight excluding hydrogens is 344 g/mol. The van der Waals surface area contributed by atoms with Crippen molar-refractivity contribution in [2.24, 2.45) is 0 Å². The van der Waals surface area contributed by atoms with E-state index in [0.717, 1.165) is 18.2 Å². The first-order chi connectivity index (χ1) is 12.3. The molecule has 134 valence electrons. The number of nitro groups is 2. The molecule has 0 atom stereocenters. The zero-order chi connectivity index (χ0) is 19.3. The van der Waals surface area contributed by atoms with Crippen LogP contribution in [0, 0.1) is 20.2 Å². The molecule has 0 fully saturated rings. The highest BCUT2D eigenvalue weighted by atomic mass is 16.6. The standard InChI is InChI=1S/C17H14N2O7/c1-25-14-7-12(8-15(10-14)26-2)17(20)6-4-11-3-5-13(18(21)22)9-16(11)19(23)24/h3-10H,1-2H3/b6-4+. The molecule has 9 nitrogen and oxygen atoms in total. The number of benzene rings is 2. The second kappa shape index (κ2) is 7.88. The summed E-state index contributed by atoms with van der Waals surface area (Å²) < 4.78 is 10.2. The van der Waals surface area contributed by atoms with E-state index in [0.29, 0.717) is 11.5 Å². The molecular formula is C17H14N2O7. The lowest BCUT2D eigenvalue weighted by Crippen LogP contribution is -1.98. The summed E-state index contributed by atoms with van der Waals surface area (Å²) in [6.07, 6.45) is 2.37. The maximum absolute atomic E-state index is 12.3. The average Bonchev–Trinajstić information content (AvgIpc) is 2.65. The fourth-order valence-electron chi connectivity index (χ4n) is 2.16. The van der Waals surface area contributed by atoms with E-state index in [9.17, 15) is 25.0 Å². The lowest BCUT2D eigenvalue weighted by Gasteiger charge is -2.06. The molecule has 2 rings (SSSR count). The van der Waals surface area contributed by atoms with E-state index in [2.05, 4.69) is 0 Å². The summed E-state index contributed by atoms with van der Waals surface area (Å²) >= 11 is 0. The fourth-order valence-corrected chi connectivity index (χ4v) is 2.16. The van der Waals surface area contributed by atoms with Crippen LogP contribution in [0.3, 0.4) is 0 Å². The Kier molecular flexibility index (Phi) is 5.63. The van der Waals surface area contributed by atoms with E-state index in [4.69, 9.17) is 9.47 Å². The van der Waals surface area contributed by atoms with E-state index in [1.165, 1.54) is 38.5 Å². The smallest absolute Gasteiger partial charge is 0.283 e. The summed E-state index contributed by atoms with van der Waals surface area (Å²) in [6, 6.07) is 7.79. The molecule has 0 heterocycles. The van der Waals surface area contributed by atoms with Crippen molar-refractivity contribution in [3.8, 4) is 11.5 Å². The zero-order valence-corrected chi connectivity index (χ0v) is 13.9. The molecule has 0 spiro atoms. The van der Waals surface area contributed by atoms with Crippen LogP contribution in [-0.2, 0) is 0 Å². The zero-order valence-electron chi connectivity index (χ0n) is 13.9. The summed E-state index contributed by atoms with van der Waals surface area (Å²) in [5.74, 6) is 0.402. The Morgan fingerprint density at radius 2 is 1.58 bits per heavy atom. The van der Waals surface area contributed by atoms with E-state index >= 15 is 0 Å². The Balaban J connectivity index is 2.36. The van der Waals surface area contributed by atoms with Gasteiger partial charge in [0.25, 0.3) is 11.4 Å². The number of carbonyl (C=O) groups excluding carboxylic acids is 1. The third kappa shape index (κ3) is 4.20. The number of nitro benzene ring substituents is 2. The van der Waals surface area contributed by atoms with Gasteiger partial charge in [-0.15, -0.1) is 0 Å². The first-order valence-electron chi connectivity index (χ1n) is 7.24. The maximum Gasteiger partial charge on any atom is 0.283 e. The van der Waals surface area contributed by atoms with Crippen LogP contribution in [0.1, 0.15) is 15.9 Å². The van der Waals surface area contributed by atoms with Gasteiger partial charge >= 0.3 is 0 Å². The quantitative estimate of drug-likeness (QED) is 0.322. The number of non-ortho nitro benzene ring substituents is 1. The third-order valence-electron chi connectivity index (χ3n) is 3.47. The van der Waals surface area contributed by atoms with Gasteiger partial charge in [0.15, 0.2) is 5.78 Å². The van der Waals surface area contributed by atoms with Gasteiger partial charge in [0, 0.05) is 17.7 Å². The Morgan fingerprint density at radius 1 is 0.962 bits per heavy atom. The van der Waals surface area contributed by atoms with Crippen molar-refractivity contribution in [2.75, 3.05) is 14.2 Å². The number of carbonyl (C=O) groups is 1. The molecule has 0 radical (unpaired) electrons. The molecule has 0 bridgehead atoms. The molecule has 0 unspecified atom stereocenters. The fraction of sp³-hybridized carbons (Fsp3) is 0.118. The highest BCUT2D eigenvalue weighted by Crippen LogP contribution is 2.27. The summed E-state index contributed by atoms with van der Waals surface area (Å²) in [6.45, 7) is 0. The number of allylic oxidation sites excluding steroid dienone is 1. The van der Waals surface area contributed by atoms with Gasteiger partial charge in [-0.25, -0.2) is 0 Å². The van der Waals surface area contributed by atoms with Crippen molar-refractivity contribution in [2.45, 2.75) is 0 Å². The molecule has 9 heteroatoms. The van der Waals surface area contributed by atoms with E-state index < -0.39 is 27.0 Å². The SMILES string of the molecule is COc1cc(OC)cc(C(=O)/C=C/c2ccc([N+](=O)[O-])cc2[N+](=O)[O-])c1. The summed E-state index contributed by atoms with van der Waals surface area (Å²) in [5.41, 5.74) is -0.532. The van der Waals surface area contributed by atoms with E-state index in [1.807, 2.05) is 0 Å². The van der Waals surface area contributed by atoms with Gasteiger partial charge in [0.05, 0.1) is 35.7 Å². The second-order valence-electron chi connectivity index (χ2n) is 5.06. The van der Waals surface area contributed by atoms with Crippen molar-refractivity contribution in [3.63, 3.8) is 0 Å². The van der Waals surface area contributed by atoms with Crippen LogP contribution >= 0.6 is 0 Å². The molecule has 0 saturated heterocycles. The Hall–Kier alpha value is -3.75. The van der Waals surface area contributed by atoms with Crippen molar-refractivity contribution in [1.29, 1.82) is 0 Å². The van der Waals surface area contributed by atoms with Crippen LogP contribution in [0.15, 0.2) is 42.5 Å². The predicted octanol–water partition coefficient (Wildman–Crippen LogP) is 3.42. The monoisotopic (exact) mass is 358 g/mol. The van der Waals surface area contributed by atoms with E-state index in [-0.39, 0.29) is 11.1 Å². The van der Waals surface area contributed by atoms with Gasteiger partial charge in [-0.2, -0.15) is 0 Å². The highest BCUT2D eigenvalue weighted by molar-refractivity contribution is 6.07. The molecule has 0 saturated carbocycles. The van der Waals surface area contributed by atoms with E-state index in [1.54, 1.807) is 6.07 Å². The van der Waals surface area contributed by atoms with Crippen molar-refractivity contribution >= 4 is 23.2 Å². The van der Waals surface area contributed by atoms with Gasteiger partial charge in [-0.05, 0) is 30.4 Å². The van der Waals surface area contributed by atoms with Gasteiger partial charge in [0.2, 0.25) is 0 Å². The Labute approximate surface area is 147 Å². The number of ketones is 1. The van der Waals surface area contributed by atoms with Gasteiger partial charge < -0.3 is 9.47 Å². The molecule has 26 heavy (non-hydrogen) atoms. The largest absolute Gasteiger partial charge is 0.497 e.